The summed E-state index contributed by atoms with van der Waals surface area (Å²) in [6, 6.07) is 15.6. The number of fused-ring (bicyclic) bond motifs is 4. The molecule has 1 amide bonds. The Labute approximate surface area is 286 Å². The van der Waals surface area contributed by atoms with Crippen LogP contribution in [0.3, 0.4) is 0 Å². The van der Waals surface area contributed by atoms with Crippen molar-refractivity contribution in [3.63, 3.8) is 0 Å². The summed E-state index contributed by atoms with van der Waals surface area (Å²) in [4.78, 5) is 19.9. The number of pyridine rings is 1. The molecular weight excluding hydrogens is 653 g/mol. The molecule has 1 saturated carbocycles. The van der Waals surface area contributed by atoms with Gasteiger partial charge in [0.25, 0.3) is 5.91 Å². The molecule has 11 heteroatoms. The first-order valence-electron chi connectivity index (χ1n) is 16.8. The van der Waals surface area contributed by atoms with E-state index in [4.69, 9.17) is 16.3 Å². The number of anilines is 1. The standard InChI is InChI=1S/C37H41ClFN3O5S/c1-23-6-4-17-37(44,33-8-3-9-34(39)40-33)30-13-10-27(30)20-42-21-36(16-5-7-25-18-28(38)12-14-29(25)36)22-47-32-15-11-26(19-31(32)42)35(43)41-48(45,46)24(23)2/h3-4,8-9,11-12,14-15,17-19,23-24,27,30,44H,5-7,10,13,16,20-22H2,1-2H3,(H,41,43)/b17-4+/t23-,24+,27-,30+,36-,37-/m0/s1. The summed E-state index contributed by atoms with van der Waals surface area (Å²) in [5.74, 6) is -1.42. The highest BCUT2D eigenvalue weighted by Gasteiger charge is 2.49. The van der Waals surface area contributed by atoms with Gasteiger partial charge in [-0.1, -0.05) is 42.8 Å². The molecule has 1 fully saturated rings. The van der Waals surface area contributed by atoms with Crippen LogP contribution in [0.5, 0.6) is 5.75 Å². The minimum atomic E-state index is -4.05. The number of allylic oxidation sites excluding steroid dienone is 1. The number of hydrogen-bond acceptors (Lipinski definition) is 7. The molecule has 0 radical (unpaired) electrons. The molecule has 0 unspecified atom stereocenters. The summed E-state index contributed by atoms with van der Waals surface area (Å²) in [5.41, 5.74) is 1.59. The Bertz CT molecular complexity index is 1890. The second kappa shape index (κ2) is 12.4. The van der Waals surface area contributed by atoms with Gasteiger partial charge in [-0.2, -0.15) is 4.39 Å². The highest BCUT2D eigenvalue weighted by molar-refractivity contribution is 7.90. The lowest BCUT2D eigenvalue weighted by atomic mass is 9.63. The largest absolute Gasteiger partial charge is 0.490 e. The third-order valence-corrected chi connectivity index (χ3v) is 13.4. The van der Waals surface area contributed by atoms with Crippen LogP contribution in [0.2, 0.25) is 5.02 Å². The van der Waals surface area contributed by atoms with Crippen LogP contribution in [0, 0.1) is 23.7 Å². The first-order chi connectivity index (χ1) is 22.9. The number of benzene rings is 2. The second-order valence-corrected chi connectivity index (χ2v) is 16.7. The van der Waals surface area contributed by atoms with Gasteiger partial charge in [0, 0.05) is 35.0 Å². The van der Waals surface area contributed by atoms with E-state index in [0.29, 0.717) is 49.0 Å². The minimum absolute atomic E-state index is 0.00288. The van der Waals surface area contributed by atoms with Crippen LogP contribution in [0.25, 0.3) is 0 Å². The number of rotatable bonds is 1. The van der Waals surface area contributed by atoms with Crippen molar-refractivity contribution in [2.75, 3.05) is 24.6 Å². The van der Waals surface area contributed by atoms with E-state index in [-0.39, 0.29) is 34.4 Å². The third-order valence-electron chi connectivity index (χ3n) is 11.3. The van der Waals surface area contributed by atoms with Crippen molar-refractivity contribution in [1.82, 2.24) is 9.71 Å². The number of carbonyl (C=O) groups is 1. The molecule has 3 aromatic rings. The van der Waals surface area contributed by atoms with E-state index in [2.05, 4.69) is 20.7 Å². The quantitative estimate of drug-likeness (QED) is 0.227. The van der Waals surface area contributed by atoms with Crippen LogP contribution in [0.15, 0.2) is 66.7 Å². The average Bonchev–Trinajstić information content (AvgIpc) is 3.18. The van der Waals surface area contributed by atoms with Gasteiger partial charge < -0.3 is 14.7 Å². The van der Waals surface area contributed by atoms with E-state index in [1.165, 1.54) is 17.2 Å². The topological polar surface area (TPSA) is 109 Å². The van der Waals surface area contributed by atoms with Gasteiger partial charge in [-0.05, 0) is 111 Å². The molecule has 6 atom stereocenters. The van der Waals surface area contributed by atoms with Crippen molar-refractivity contribution < 1.29 is 27.4 Å². The average molecular weight is 694 g/mol. The van der Waals surface area contributed by atoms with Crippen molar-refractivity contribution in [1.29, 1.82) is 0 Å². The van der Waals surface area contributed by atoms with E-state index < -0.39 is 32.7 Å². The molecule has 48 heavy (non-hydrogen) atoms. The van der Waals surface area contributed by atoms with E-state index in [1.54, 1.807) is 56.3 Å². The molecule has 2 N–H and O–H groups in total. The molecule has 2 bridgehead atoms. The maximum absolute atomic E-state index is 14.5. The van der Waals surface area contributed by atoms with Gasteiger partial charge in [0.05, 0.1) is 23.2 Å². The fraction of sp³-hybridized carbons (Fsp3) is 0.459. The van der Waals surface area contributed by atoms with Crippen LogP contribution < -0.4 is 14.4 Å². The fourth-order valence-electron chi connectivity index (χ4n) is 8.18. The first-order valence-corrected chi connectivity index (χ1v) is 18.7. The van der Waals surface area contributed by atoms with Crippen LogP contribution in [-0.2, 0) is 27.5 Å². The molecule has 1 aromatic heterocycles. The normalized spacial score (nSPS) is 32.1. The summed E-state index contributed by atoms with van der Waals surface area (Å²) < 4.78 is 50.2. The molecule has 3 heterocycles. The van der Waals surface area contributed by atoms with Crippen molar-refractivity contribution in [2.24, 2.45) is 17.8 Å². The Morgan fingerprint density at radius 1 is 1.12 bits per heavy atom. The summed E-state index contributed by atoms with van der Waals surface area (Å²) in [7, 11) is -4.05. The minimum Gasteiger partial charge on any atom is -0.490 e. The van der Waals surface area contributed by atoms with Crippen molar-refractivity contribution in [3.05, 3.63) is 100 Å². The van der Waals surface area contributed by atoms with E-state index in [0.717, 1.165) is 25.7 Å². The van der Waals surface area contributed by atoms with Gasteiger partial charge in [0.2, 0.25) is 16.0 Å². The second-order valence-electron chi connectivity index (χ2n) is 14.2. The molecule has 2 aliphatic carbocycles. The number of sulfonamides is 1. The van der Waals surface area contributed by atoms with Crippen molar-refractivity contribution in [3.8, 4) is 5.75 Å². The molecule has 4 aliphatic rings. The Balaban J connectivity index is 1.35. The number of aromatic nitrogens is 1. The number of aryl methyl sites for hydroxylation is 1. The smallest absolute Gasteiger partial charge is 0.264 e. The Hall–Kier alpha value is -3.47. The number of hydrogen-bond donors (Lipinski definition) is 2. The van der Waals surface area contributed by atoms with Crippen molar-refractivity contribution >= 4 is 33.2 Å². The Morgan fingerprint density at radius 3 is 2.73 bits per heavy atom. The van der Waals surface area contributed by atoms with E-state index >= 15 is 0 Å². The number of halogens is 2. The monoisotopic (exact) mass is 693 g/mol. The summed E-state index contributed by atoms with van der Waals surface area (Å²) in [5, 5.41) is 12.2. The highest BCUT2D eigenvalue weighted by atomic mass is 35.5. The van der Waals surface area contributed by atoms with Crippen LogP contribution in [-0.4, -0.2) is 49.4 Å². The first kappa shape index (κ1) is 33.0. The molecule has 2 aromatic carbocycles. The number of carbonyl (C=O) groups excluding carboxylic acids is 1. The van der Waals surface area contributed by atoms with Crippen LogP contribution in [0.1, 0.15) is 73.1 Å². The summed E-state index contributed by atoms with van der Waals surface area (Å²) in [6.07, 6.45) is 8.08. The number of amides is 1. The maximum Gasteiger partial charge on any atom is 0.264 e. The summed E-state index contributed by atoms with van der Waals surface area (Å²) in [6.45, 7) is 4.91. The van der Waals surface area contributed by atoms with E-state index in [1.807, 2.05) is 12.1 Å². The zero-order chi connectivity index (χ0) is 33.8. The number of ether oxygens (including phenoxy) is 1. The molecule has 7 rings (SSSR count). The Morgan fingerprint density at radius 2 is 1.96 bits per heavy atom. The van der Waals surface area contributed by atoms with Gasteiger partial charge >= 0.3 is 0 Å². The van der Waals surface area contributed by atoms with Crippen LogP contribution in [0.4, 0.5) is 10.1 Å². The SMILES string of the molecule is C[C@@H]1[C@@H](C)C/C=C/[C@@](O)(c2cccc(F)n2)[C@@H]2CC[C@H]2CN2C[C@@]3(CCCc4cc(Cl)ccc43)COc3ccc(cc32)C(=O)NS1(=O)=O. The predicted molar refractivity (Wildman–Crippen MR) is 183 cm³/mol. The molecule has 8 nitrogen and oxygen atoms in total. The molecule has 1 spiro atoms. The number of nitrogens with one attached hydrogen (secondary N) is 1. The third kappa shape index (κ3) is 5.90. The van der Waals surface area contributed by atoms with Crippen molar-refractivity contribution in [2.45, 2.75) is 68.6 Å². The fourth-order valence-corrected chi connectivity index (χ4v) is 9.66. The zero-order valence-electron chi connectivity index (χ0n) is 27.2. The van der Waals surface area contributed by atoms with E-state index in [9.17, 15) is 22.7 Å². The molecular formula is C37H41ClFN3O5S. The zero-order valence-corrected chi connectivity index (χ0v) is 28.7. The predicted octanol–water partition coefficient (Wildman–Crippen LogP) is 6.31. The van der Waals surface area contributed by atoms with Gasteiger partial charge in [0.1, 0.15) is 11.4 Å². The highest BCUT2D eigenvalue weighted by Crippen LogP contribution is 2.50. The Kier molecular flexibility index (Phi) is 8.57. The summed E-state index contributed by atoms with van der Waals surface area (Å²) >= 11 is 6.42. The lowest BCUT2D eigenvalue weighted by Gasteiger charge is -2.49. The van der Waals surface area contributed by atoms with Gasteiger partial charge in [-0.15, -0.1) is 0 Å². The number of nitrogens with zero attached hydrogens (tertiary/aromatic N) is 2. The molecule has 254 valence electrons. The van der Waals surface area contributed by atoms with Gasteiger partial charge in [-0.3, -0.25) is 4.79 Å². The maximum atomic E-state index is 14.5. The van der Waals surface area contributed by atoms with Gasteiger partial charge in [-0.25, -0.2) is 18.1 Å². The van der Waals surface area contributed by atoms with Crippen LogP contribution >= 0.6 is 11.6 Å². The number of aliphatic hydroxyl groups is 1. The lowest BCUT2D eigenvalue weighted by molar-refractivity contribution is -0.0533. The lowest BCUT2D eigenvalue weighted by Crippen LogP contribution is -2.51. The van der Waals surface area contributed by atoms with Gasteiger partial charge in [0.15, 0.2) is 0 Å². The molecule has 0 saturated heterocycles. The molecule has 2 aliphatic heterocycles.